The van der Waals surface area contributed by atoms with Crippen molar-refractivity contribution in [1.29, 1.82) is 0 Å². The Balaban J connectivity index is 1.70. The molecule has 1 aliphatic carbocycles. The Labute approximate surface area is 158 Å². The largest absolute Gasteiger partial charge is 0.486 e. The summed E-state index contributed by atoms with van der Waals surface area (Å²) >= 11 is 0. The fraction of sp³-hybridized carbons (Fsp3) is 0.579. The van der Waals surface area contributed by atoms with Crippen molar-refractivity contribution in [3.63, 3.8) is 0 Å². The van der Waals surface area contributed by atoms with Crippen LogP contribution in [0.15, 0.2) is 28.2 Å². The molecular weight excluding hydrogens is 349 g/mol. The van der Waals surface area contributed by atoms with Gasteiger partial charge in [-0.15, -0.1) is 0 Å². The molecule has 2 heterocycles. The number of nitrogens with two attached hydrogens (primary N) is 2. The monoisotopic (exact) mass is 375 g/mol. The predicted molar refractivity (Wildman–Crippen MR) is 102 cm³/mol. The van der Waals surface area contributed by atoms with Gasteiger partial charge in [-0.05, 0) is 50.7 Å². The van der Waals surface area contributed by atoms with Crippen molar-refractivity contribution in [2.45, 2.75) is 56.7 Å². The molecule has 1 aromatic carbocycles. The summed E-state index contributed by atoms with van der Waals surface area (Å²) in [6, 6.07) is 4.83. The first kappa shape index (κ1) is 18.0. The lowest BCUT2D eigenvalue weighted by molar-refractivity contribution is 0.0667. The SMILES string of the molecule is NC1=NC2(CCCCC2)N(c2cccc(F)c2OCC2CCCO2)C(N)=N1. The van der Waals surface area contributed by atoms with Crippen molar-refractivity contribution >= 4 is 17.6 Å². The highest BCUT2D eigenvalue weighted by atomic mass is 19.1. The number of hydrogen-bond donors (Lipinski definition) is 2. The van der Waals surface area contributed by atoms with Crippen LogP contribution >= 0.6 is 0 Å². The van der Waals surface area contributed by atoms with Gasteiger partial charge in [0.25, 0.3) is 0 Å². The van der Waals surface area contributed by atoms with E-state index in [9.17, 15) is 4.39 Å². The van der Waals surface area contributed by atoms with E-state index in [1.54, 1.807) is 17.0 Å². The van der Waals surface area contributed by atoms with E-state index in [4.69, 9.17) is 20.9 Å². The molecule has 1 saturated carbocycles. The Morgan fingerprint density at radius 2 is 2.04 bits per heavy atom. The van der Waals surface area contributed by atoms with E-state index in [1.165, 1.54) is 6.07 Å². The molecule has 0 amide bonds. The number of halogens is 1. The van der Waals surface area contributed by atoms with Crippen LogP contribution in [-0.2, 0) is 4.74 Å². The van der Waals surface area contributed by atoms with E-state index in [2.05, 4.69) is 9.98 Å². The molecule has 1 aromatic rings. The molecule has 1 saturated heterocycles. The van der Waals surface area contributed by atoms with Gasteiger partial charge in [0.2, 0.25) is 11.9 Å². The topological polar surface area (TPSA) is 98.5 Å². The van der Waals surface area contributed by atoms with Gasteiger partial charge in [0.1, 0.15) is 12.3 Å². The summed E-state index contributed by atoms with van der Waals surface area (Å²) < 4.78 is 26.2. The third-order valence-corrected chi connectivity index (χ3v) is 5.48. The lowest BCUT2D eigenvalue weighted by Crippen LogP contribution is -2.58. The molecule has 4 N–H and O–H groups in total. The molecule has 27 heavy (non-hydrogen) atoms. The second-order valence-electron chi connectivity index (χ2n) is 7.35. The van der Waals surface area contributed by atoms with E-state index in [-0.39, 0.29) is 23.8 Å². The molecule has 0 aromatic heterocycles. The number of ether oxygens (including phenoxy) is 2. The summed E-state index contributed by atoms with van der Waals surface area (Å²) in [6.45, 7) is 1.03. The van der Waals surface area contributed by atoms with Gasteiger partial charge in [0.15, 0.2) is 11.6 Å². The fourth-order valence-electron chi connectivity index (χ4n) is 4.24. The Bertz CT molecular complexity index is 754. The average molecular weight is 375 g/mol. The van der Waals surface area contributed by atoms with Gasteiger partial charge < -0.3 is 20.9 Å². The third-order valence-electron chi connectivity index (χ3n) is 5.48. The van der Waals surface area contributed by atoms with Gasteiger partial charge in [-0.3, -0.25) is 4.90 Å². The lowest BCUT2D eigenvalue weighted by atomic mass is 9.87. The summed E-state index contributed by atoms with van der Waals surface area (Å²) in [4.78, 5) is 10.6. The van der Waals surface area contributed by atoms with Crippen LogP contribution < -0.4 is 21.1 Å². The molecule has 7 nitrogen and oxygen atoms in total. The molecule has 8 heteroatoms. The minimum absolute atomic E-state index is 0.0119. The maximum Gasteiger partial charge on any atom is 0.220 e. The zero-order chi connectivity index (χ0) is 18.9. The fourth-order valence-corrected chi connectivity index (χ4v) is 4.24. The Morgan fingerprint density at radius 1 is 1.22 bits per heavy atom. The number of para-hydroxylation sites is 1. The zero-order valence-electron chi connectivity index (χ0n) is 15.4. The number of nitrogens with zero attached hydrogens (tertiary/aromatic N) is 3. The van der Waals surface area contributed by atoms with Crippen molar-refractivity contribution in [3.05, 3.63) is 24.0 Å². The van der Waals surface area contributed by atoms with Crippen LogP contribution in [0.2, 0.25) is 0 Å². The van der Waals surface area contributed by atoms with Gasteiger partial charge in [0, 0.05) is 6.61 Å². The molecule has 2 aliphatic heterocycles. The Morgan fingerprint density at radius 3 is 2.78 bits per heavy atom. The number of anilines is 1. The van der Waals surface area contributed by atoms with E-state index in [0.29, 0.717) is 12.3 Å². The summed E-state index contributed by atoms with van der Waals surface area (Å²) in [6.07, 6.45) is 6.61. The third kappa shape index (κ3) is 3.45. The van der Waals surface area contributed by atoms with E-state index < -0.39 is 11.5 Å². The zero-order valence-corrected chi connectivity index (χ0v) is 15.4. The molecule has 1 unspecified atom stereocenters. The summed E-state index contributed by atoms with van der Waals surface area (Å²) in [5.41, 5.74) is 12.1. The standard InChI is InChI=1S/C19H26FN5O2/c20-14-7-4-8-15(16(14)27-12-13-6-5-11-26-13)25-18(22)23-17(21)24-19(25)9-2-1-3-10-19/h4,7-8,13H,1-3,5-6,9-12H2,(H4,21,22,23,24). The maximum absolute atomic E-state index is 14.7. The highest BCUT2D eigenvalue weighted by Crippen LogP contribution is 2.43. The molecular formula is C19H26FN5O2. The molecule has 0 radical (unpaired) electrons. The lowest BCUT2D eigenvalue weighted by Gasteiger charge is -2.45. The molecule has 146 valence electrons. The van der Waals surface area contributed by atoms with Gasteiger partial charge in [-0.2, -0.15) is 4.99 Å². The van der Waals surface area contributed by atoms with Crippen LogP contribution in [0.4, 0.5) is 10.1 Å². The molecule has 1 spiro atoms. The first-order valence-electron chi connectivity index (χ1n) is 9.62. The summed E-state index contributed by atoms with van der Waals surface area (Å²) in [5, 5.41) is 0. The van der Waals surface area contributed by atoms with Gasteiger partial charge in [-0.1, -0.05) is 12.5 Å². The van der Waals surface area contributed by atoms with Crippen LogP contribution in [0.1, 0.15) is 44.9 Å². The van der Waals surface area contributed by atoms with Crippen LogP contribution in [-0.4, -0.2) is 36.9 Å². The highest BCUT2D eigenvalue weighted by molar-refractivity contribution is 6.06. The molecule has 0 bridgehead atoms. The normalized spacial score (nSPS) is 24.6. The quantitative estimate of drug-likeness (QED) is 0.842. The number of aliphatic imine (C=N–C) groups is 2. The van der Waals surface area contributed by atoms with E-state index >= 15 is 0 Å². The molecule has 1 atom stereocenters. The van der Waals surface area contributed by atoms with Gasteiger partial charge in [-0.25, -0.2) is 9.38 Å². The van der Waals surface area contributed by atoms with E-state index in [1.807, 2.05) is 0 Å². The number of rotatable bonds is 4. The van der Waals surface area contributed by atoms with Crippen molar-refractivity contribution < 1.29 is 13.9 Å². The van der Waals surface area contributed by atoms with Crippen molar-refractivity contribution in [2.24, 2.45) is 21.5 Å². The number of guanidine groups is 2. The van der Waals surface area contributed by atoms with E-state index in [0.717, 1.165) is 51.6 Å². The maximum atomic E-state index is 14.7. The predicted octanol–water partition coefficient (Wildman–Crippen LogP) is 2.49. The minimum Gasteiger partial charge on any atom is -0.486 e. The molecule has 3 aliphatic rings. The summed E-state index contributed by atoms with van der Waals surface area (Å²) in [7, 11) is 0. The molecule has 2 fully saturated rings. The minimum atomic E-state index is -0.635. The first-order chi connectivity index (χ1) is 13.1. The summed E-state index contributed by atoms with van der Waals surface area (Å²) in [5.74, 6) is 0.111. The van der Waals surface area contributed by atoms with Gasteiger partial charge in [0.05, 0.1) is 11.8 Å². The second kappa shape index (κ2) is 7.34. The number of benzene rings is 1. The van der Waals surface area contributed by atoms with Crippen molar-refractivity contribution in [1.82, 2.24) is 0 Å². The molecule has 4 rings (SSSR count). The van der Waals surface area contributed by atoms with Crippen molar-refractivity contribution in [2.75, 3.05) is 18.1 Å². The second-order valence-corrected chi connectivity index (χ2v) is 7.35. The Kier molecular flexibility index (Phi) is 4.90. The smallest absolute Gasteiger partial charge is 0.220 e. The highest BCUT2D eigenvalue weighted by Gasteiger charge is 2.44. The van der Waals surface area contributed by atoms with Gasteiger partial charge >= 0.3 is 0 Å². The first-order valence-corrected chi connectivity index (χ1v) is 9.62. The van der Waals surface area contributed by atoms with Crippen molar-refractivity contribution in [3.8, 4) is 5.75 Å². The van der Waals surface area contributed by atoms with Crippen LogP contribution in [0, 0.1) is 5.82 Å². The Hall–Kier alpha value is -2.35. The van der Waals surface area contributed by atoms with Crippen LogP contribution in [0.25, 0.3) is 0 Å². The van der Waals surface area contributed by atoms with Crippen LogP contribution in [0.3, 0.4) is 0 Å². The average Bonchev–Trinajstić information content (AvgIpc) is 3.14. The van der Waals surface area contributed by atoms with Crippen LogP contribution in [0.5, 0.6) is 5.75 Å². The number of hydrogen-bond acceptors (Lipinski definition) is 7.